The summed E-state index contributed by atoms with van der Waals surface area (Å²) < 4.78 is 0. The van der Waals surface area contributed by atoms with Gasteiger partial charge in [0, 0.05) is 33.9 Å². The lowest BCUT2D eigenvalue weighted by atomic mass is 9.96. The molecule has 11 rings (SSSR count). The van der Waals surface area contributed by atoms with Crippen LogP contribution in [0.4, 0.5) is 34.1 Å². The van der Waals surface area contributed by atoms with Crippen LogP contribution in [0.25, 0.3) is 66.8 Å². The summed E-state index contributed by atoms with van der Waals surface area (Å²) in [5.41, 5.74) is 20.6. The Balaban J connectivity index is 0.970. The zero-order chi connectivity index (χ0) is 45.5. The van der Waals surface area contributed by atoms with Crippen molar-refractivity contribution in [3.63, 3.8) is 0 Å². The van der Waals surface area contributed by atoms with Gasteiger partial charge in [0.2, 0.25) is 0 Å². The number of hydrogen-bond acceptors (Lipinski definition) is 2. The lowest BCUT2D eigenvalue weighted by molar-refractivity contribution is 1.28. The van der Waals surface area contributed by atoms with Gasteiger partial charge in [0.1, 0.15) is 0 Å². The van der Waals surface area contributed by atoms with E-state index in [1.54, 1.807) is 0 Å². The van der Waals surface area contributed by atoms with E-state index in [0.717, 1.165) is 56.4 Å². The highest BCUT2D eigenvalue weighted by Crippen LogP contribution is 2.45. The van der Waals surface area contributed by atoms with E-state index >= 15 is 0 Å². The molecule has 0 aromatic heterocycles. The van der Waals surface area contributed by atoms with Crippen molar-refractivity contribution < 1.29 is 0 Å². The molecule has 0 fully saturated rings. The zero-order valence-electron chi connectivity index (χ0n) is 37.6. The number of rotatable bonds is 12. The molecule has 11 aromatic carbocycles. The SMILES string of the molecule is c1ccc(-c2ccc(N(c3ccc(-c4ccccc4)cc3)c3ccccc3-c3ccc(-c4ccccc4N(c4ccc(-c5ccccc5)cc4)c4ccc(-c5ccccc5)cc4)cc3)cc2)cc1. The fourth-order valence-electron chi connectivity index (χ4n) is 9.24. The van der Waals surface area contributed by atoms with Gasteiger partial charge in [-0.05, 0) is 116 Å². The molecule has 0 amide bonds. The fourth-order valence-corrected chi connectivity index (χ4v) is 9.24. The zero-order valence-corrected chi connectivity index (χ0v) is 37.6. The minimum absolute atomic E-state index is 1.09. The third-order valence-electron chi connectivity index (χ3n) is 12.7. The molecule has 2 heteroatoms. The molecule has 0 heterocycles. The lowest BCUT2D eigenvalue weighted by Crippen LogP contribution is -2.11. The van der Waals surface area contributed by atoms with Crippen LogP contribution in [0.2, 0.25) is 0 Å². The predicted molar refractivity (Wildman–Crippen MR) is 288 cm³/mol. The number of nitrogens with zero attached hydrogens (tertiary/aromatic N) is 2. The summed E-state index contributed by atoms with van der Waals surface area (Å²) in [7, 11) is 0. The van der Waals surface area contributed by atoms with Crippen molar-refractivity contribution in [3.05, 3.63) is 291 Å². The van der Waals surface area contributed by atoms with Gasteiger partial charge in [-0.25, -0.2) is 0 Å². The van der Waals surface area contributed by atoms with Gasteiger partial charge in [-0.15, -0.1) is 0 Å². The van der Waals surface area contributed by atoms with E-state index in [9.17, 15) is 0 Å². The second-order valence-corrected chi connectivity index (χ2v) is 16.9. The van der Waals surface area contributed by atoms with Gasteiger partial charge < -0.3 is 9.80 Å². The third kappa shape index (κ3) is 8.75. The Morgan fingerprint density at radius 3 is 0.588 bits per heavy atom. The van der Waals surface area contributed by atoms with Gasteiger partial charge in [-0.2, -0.15) is 0 Å². The van der Waals surface area contributed by atoms with Crippen molar-refractivity contribution >= 4 is 34.1 Å². The van der Waals surface area contributed by atoms with Crippen LogP contribution in [-0.2, 0) is 0 Å². The van der Waals surface area contributed by atoms with Gasteiger partial charge in [-0.1, -0.05) is 231 Å². The monoisotopic (exact) mass is 868 g/mol. The number of anilines is 6. The van der Waals surface area contributed by atoms with Gasteiger partial charge >= 0.3 is 0 Å². The van der Waals surface area contributed by atoms with Crippen molar-refractivity contribution in [2.75, 3.05) is 9.80 Å². The maximum atomic E-state index is 2.38. The molecular formula is C66H48N2. The second-order valence-electron chi connectivity index (χ2n) is 16.9. The van der Waals surface area contributed by atoms with Gasteiger partial charge in [0.05, 0.1) is 11.4 Å². The van der Waals surface area contributed by atoms with E-state index < -0.39 is 0 Å². The molecular weight excluding hydrogens is 821 g/mol. The van der Waals surface area contributed by atoms with Gasteiger partial charge in [0.15, 0.2) is 0 Å². The van der Waals surface area contributed by atoms with Crippen molar-refractivity contribution in [1.29, 1.82) is 0 Å². The fraction of sp³-hybridized carbons (Fsp3) is 0. The first-order valence-electron chi connectivity index (χ1n) is 23.2. The van der Waals surface area contributed by atoms with E-state index in [2.05, 4.69) is 301 Å². The Bertz CT molecular complexity index is 2970. The molecule has 68 heavy (non-hydrogen) atoms. The number of hydrogen-bond donors (Lipinski definition) is 0. The van der Waals surface area contributed by atoms with E-state index in [-0.39, 0.29) is 0 Å². The van der Waals surface area contributed by atoms with Crippen LogP contribution < -0.4 is 9.80 Å². The van der Waals surface area contributed by atoms with Gasteiger partial charge in [-0.3, -0.25) is 0 Å². The Kier molecular flexibility index (Phi) is 11.8. The minimum atomic E-state index is 1.09. The molecule has 0 aliphatic heterocycles. The minimum Gasteiger partial charge on any atom is -0.310 e. The first-order chi connectivity index (χ1) is 33.7. The normalized spacial score (nSPS) is 10.9. The van der Waals surface area contributed by atoms with E-state index in [1.165, 1.54) is 44.5 Å². The molecule has 0 aliphatic carbocycles. The smallest absolute Gasteiger partial charge is 0.0540 e. The maximum Gasteiger partial charge on any atom is 0.0540 e. The van der Waals surface area contributed by atoms with E-state index in [0.29, 0.717) is 0 Å². The average molecular weight is 869 g/mol. The first kappa shape index (κ1) is 41.7. The Labute approximate surface area is 400 Å². The Morgan fingerprint density at radius 1 is 0.147 bits per heavy atom. The molecule has 0 aliphatic rings. The number of benzene rings is 11. The summed E-state index contributed by atoms with van der Waals surface area (Å²) in [5, 5.41) is 0. The Hall–Kier alpha value is -8.98. The highest BCUT2D eigenvalue weighted by molar-refractivity contribution is 5.92. The van der Waals surface area contributed by atoms with Crippen LogP contribution in [0.3, 0.4) is 0 Å². The van der Waals surface area contributed by atoms with Crippen LogP contribution in [0, 0.1) is 0 Å². The molecule has 0 bridgehead atoms. The first-order valence-corrected chi connectivity index (χ1v) is 23.2. The topological polar surface area (TPSA) is 6.48 Å². The maximum absolute atomic E-state index is 2.38. The molecule has 0 radical (unpaired) electrons. The summed E-state index contributed by atoms with van der Waals surface area (Å²) >= 11 is 0. The molecule has 0 spiro atoms. The van der Waals surface area contributed by atoms with Crippen molar-refractivity contribution in [3.8, 4) is 66.8 Å². The number of para-hydroxylation sites is 2. The summed E-state index contributed by atoms with van der Waals surface area (Å²) in [5.74, 6) is 0. The highest BCUT2D eigenvalue weighted by Gasteiger charge is 2.20. The van der Waals surface area contributed by atoms with Crippen LogP contribution >= 0.6 is 0 Å². The molecule has 11 aromatic rings. The summed E-state index contributed by atoms with van der Waals surface area (Å²) in [6.07, 6.45) is 0. The molecule has 0 saturated carbocycles. The molecule has 0 saturated heterocycles. The molecule has 0 unspecified atom stereocenters. The molecule has 2 nitrogen and oxygen atoms in total. The summed E-state index contributed by atoms with van der Waals surface area (Å²) in [4.78, 5) is 4.76. The summed E-state index contributed by atoms with van der Waals surface area (Å²) in [6.45, 7) is 0. The van der Waals surface area contributed by atoms with Gasteiger partial charge in [0.25, 0.3) is 0 Å². The average Bonchev–Trinajstić information content (AvgIpc) is 3.43. The van der Waals surface area contributed by atoms with E-state index in [1.807, 2.05) is 0 Å². The van der Waals surface area contributed by atoms with Crippen molar-refractivity contribution in [2.24, 2.45) is 0 Å². The van der Waals surface area contributed by atoms with E-state index in [4.69, 9.17) is 0 Å². The third-order valence-corrected chi connectivity index (χ3v) is 12.7. The summed E-state index contributed by atoms with van der Waals surface area (Å²) in [6, 6.07) is 105. The standard InChI is InChI=1S/C66H48N2/c1-5-17-49(18-6-1)53-33-41-59(42-34-53)67(60-43-35-54(36-44-60)50-19-7-2-8-20-50)65-27-15-13-25-63(65)57-29-31-58(32-30-57)64-26-14-16-28-66(64)68(61-45-37-55(38-46-61)51-21-9-3-10-22-51)62-47-39-56(40-48-62)52-23-11-4-12-24-52/h1-48H. The molecule has 322 valence electrons. The van der Waals surface area contributed by atoms with Crippen LogP contribution in [0.1, 0.15) is 0 Å². The highest BCUT2D eigenvalue weighted by atomic mass is 15.1. The quantitative estimate of drug-likeness (QED) is 0.121. The largest absolute Gasteiger partial charge is 0.310 e. The van der Waals surface area contributed by atoms with Crippen LogP contribution in [-0.4, -0.2) is 0 Å². The molecule has 0 N–H and O–H groups in total. The predicted octanol–water partition coefficient (Wildman–Crippen LogP) is 18.6. The van der Waals surface area contributed by atoms with Crippen LogP contribution in [0.5, 0.6) is 0 Å². The Morgan fingerprint density at radius 2 is 0.338 bits per heavy atom. The lowest BCUT2D eigenvalue weighted by Gasteiger charge is -2.29. The van der Waals surface area contributed by atoms with Crippen molar-refractivity contribution in [2.45, 2.75) is 0 Å². The molecule has 0 atom stereocenters. The second kappa shape index (κ2) is 19.2. The van der Waals surface area contributed by atoms with Crippen molar-refractivity contribution in [1.82, 2.24) is 0 Å². The van der Waals surface area contributed by atoms with Crippen LogP contribution in [0.15, 0.2) is 291 Å².